The van der Waals surface area contributed by atoms with E-state index in [1.165, 1.54) is 11.3 Å². The van der Waals surface area contributed by atoms with Crippen LogP contribution in [0.5, 0.6) is 0 Å². The number of nitrogens with one attached hydrogen (secondary N) is 1. The molecule has 1 aromatic heterocycles. The molecule has 0 aliphatic carbocycles. The van der Waals surface area contributed by atoms with Crippen LogP contribution in [-0.2, 0) is 17.9 Å². The average Bonchev–Trinajstić information content (AvgIpc) is 2.73. The fourth-order valence-corrected chi connectivity index (χ4v) is 2.80. The first-order valence-corrected chi connectivity index (χ1v) is 7.27. The van der Waals surface area contributed by atoms with Crippen LogP contribution in [0.15, 0.2) is 0 Å². The van der Waals surface area contributed by atoms with E-state index in [9.17, 15) is 0 Å². The highest BCUT2D eigenvalue weighted by atomic mass is 32.1. The first-order chi connectivity index (χ1) is 8.62. The van der Waals surface area contributed by atoms with Crippen molar-refractivity contribution in [1.82, 2.24) is 10.3 Å². The Balaban J connectivity index is 2.78. The Hall–Kier alpha value is -0.650. The van der Waals surface area contributed by atoms with Gasteiger partial charge in [-0.2, -0.15) is 0 Å². The van der Waals surface area contributed by atoms with Crippen molar-refractivity contribution in [3.63, 3.8) is 0 Å². The van der Waals surface area contributed by atoms with Crippen molar-refractivity contribution < 1.29 is 4.74 Å². The Morgan fingerprint density at radius 3 is 2.78 bits per heavy atom. The summed E-state index contributed by atoms with van der Waals surface area (Å²) < 4.78 is 5.21. The van der Waals surface area contributed by atoms with Crippen LogP contribution in [0.2, 0.25) is 0 Å². The summed E-state index contributed by atoms with van der Waals surface area (Å²) >= 11 is 1.76. The molecule has 0 fully saturated rings. The molecule has 1 N–H and O–H groups in total. The van der Waals surface area contributed by atoms with E-state index in [0.29, 0.717) is 12.5 Å². The molecule has 18 heavy (non-hydrogen) atoms. The molecule has 1 heterocycles. The van der Waals surface area contributed by atoms with Crippen LogP contribution in [-0.4, -0.2) is 32.7 Å². The number of rotatable bonds is 8. The molecule has 1 aromatic rings. The zero-order valence-corrected chi connectivity index (χ0v) is 12.9. The van der Waals surface area contributed by atoms with Gasteiger partial charge in [-0.1, -0.05) is 20.3 Å². The van der Waals surface area contributed by atoms with E-state index in [1.54, 1.807) is 18.4 Å². The summed E-state index contributed by atoms with van der Waals surface area (Å²) in [6, 6.07) is 0. The van der Waals surface area contributed by atoms with Crippen molar-refractivity contribution in [2.45, 2.75) is 33.4 Å². The molecular weight excluding hydrogens is 246 g/mol. The number of methoxy groups -OCH3 is 1. The largest absolute Gasteiger partial charge is 0.378 e. The smallest absolute Gasteiger partial charge is 0.185 e. The van der Waals surface area contributed by atoms with Crippen molar-refractivity contribution in [2.24, 2.45) is 5.92 Å². The fraction of sp³-hybridized carbons (Fsp3) is 0.769. The summed E-state index contributed by atoms with van der Waals surface area (Å²) in [5.74, 6) is 0.692. The van der Waals surface area contributed by atoms with E-state index in [4.69, 9.17) is 4.74 Å². The van der Waals surface area contributed by atoms with Gasteiger partial charge in [-0.05, 0) is 13.0 Å². The van der Waals surface area contributed by atoms with Crippen molar-refractivity contribution in [3.05, 3.63) is 10.6 Å². The van der Waals surface area contributed by atoms with E-state index in [0.717, 1.165) is 23.9 Å². The number of hydrogen-bond donors (Lipinski definition) is 1. The highest BCUT2D eigenvalue weighted by molar-refractivity contribution is 7.15. The van der Waals surface area contributed by atoms with Gasteiger partial charge in [0.15, 0.2) is 5.13 Å². The number of hydrogen-bond acceptors (Lipinski definition) is 5. The molecular formula is C13H25N3OS. The van der Waals surface area contributed by atoms with Crippen molar-refractivity contribution in [2.75, 3.05) is 32.6 Å². The second kappa shape index (κ2) is 7.71. The maximum Gasteiger partial charge on any atom is 0.185 e. The quantitative estimate of drug-likeness (QED) is 0.788. The van der Waals surface area contributed by atoms with Crippen LogP contribution < -0.4 is 10.2 Å². The number of aromatic nitrogens is 1. The number of anilines is 1. The Labute approximate surface area is 114 Å². The van der Waals surface area contributed by atoms with E-state index >= 15 is 0 Å². The molecule has 104 valence electrons. The van der Waals surface area contributed by atoms with Gasteiger partial charge in [0.2, 0.25) is 0 Å². The molecule has 0 spiro atoms. The Morgan fingerprint density at radius 1 is 1.50 bits per heavy atom. The lowest BCUT2D eigenvalue weighted by Gasteiger charge is -2.19. The van der Waals surface area contributed by atoms with E-state index in [-0.39, 0.29) is 0 Å². The molecule has 1 unspecified atom stereocenters. The van der Waals surface area contributed by atoms with E-state index in [1.807, 2.05) is 7.05 Å². The second-order valence-electron chi connectivity index (χ2n) is 4.72. The highest BCUT2D eigenvalue weighted by Crippen LogP contribution is 2.27. The van der Waals surface area contributed by atoms with Gasteiger partial charge in [0.05, 0.1) is 12.3 Å². The third kappa shape index (κ3) is 4.23. The summed E-state index contributed by atoms with van der Waals surface area (Å²) in [5.41, 5.74) is 1.06. The summed E-state index contributed by atoms with van der Waals surface area (Å²) in [7, 11) is 5.79. The lowest BCUT2D eigenvalue weighted by molar-refractivity contribution is 0.181. The maximum absolute atomic E-state index is 5.21. The van der Waals surface area contributed by atoms with Crippen LogP contribution in [0.4, 0.5) is 5.13 Å². The van der Waals surface area contributed by atoms with Crippen LogP contribution in [0.1, 0.15) is 30.8 Å². The topological polar surface area (TPSA) is 37.4 Å². The van der Waals surface area contributed by atoms with Gasteiger partial charge in [-0.25, -0.2) is 4.98 Å². The normalized spacial score (nSPS) is 12.7. The van der Waals surface area contributed by atoms with Crippen LogP contribution >= 0.6 is 11.3 Å². The fourth-order valence-electron chi connectivity index (χ4n) is 1.76. The highest BCUT2D eigenvalue weighted by Gasteiger charge is 2.14. The van der Waals surface area contributed by atoms with Gasteiger partial charge in [0, 0.05) is 32.1 Å². The van der Waals surface area contributed by atoms with Crippen molar-refractivity contribution in [3.8, 4) is 0 Å². The Kier molecular flexibility index (Phi) is 6.60. The molecule has 0 radical (unpaired) electrons. The van der Waals surface area contributed by atoms with E-state index in [2.05, 4.69) is 36.1 Å². The zero-order valence-electron chi connectivity index (χ0n) is 12.1. The van der Waals surface area contributed by atoms with Gasteiger partial charge < -0.3 is 15.0 Å². The van der Waals surface area contributed by atoms with Gasteiger partial charge >= 0.3 is 0 Å². The summed E-state index contributed by atoms with van der Waals surface area (Å²) in [6.07, 6.45) is 1.20. The molecule has 1 rings (SSSR count). The molecule has 0 saturated carbocycles. The van der Waals surface area contributed by atoms with Crippen molar-refractivity contribution in [1.29, 1.82) is 0 Å². The maximum atomic E-state index is 5.21. The Bertz CT molecular complexity index is 331. The van der Waals surface area contributed by atoms with Crippen LogP contribution in [0.3, 0.4) is 0 Å². The standard InChI is InChI=1S/C13H25N3OS/c1-6-10(2)8-16(4)13-15-11(9-17-5)12(18-13)7-14-3/h10,14H,6-9H2,1-5H3. The van der Waals surface area contributed by atoms with Gasteiger partial charge in [-0.15, -0.1) is 11.3 Å². The van der Waals surface area contributed by atoms with Gasteiger partial charge in [-0.3, -0.25) is 0 Å². The minimum atomic E-state index is 0.588. The minimum absolute atomic E-state index is 0.588. The molecule has 0 aromatic carbocycles. The number of ether oxygens (including phenoxy) is 1. The van der Waals surface area contributed by atoms with Gasteiger partial charge in [0.1, 0.15) is 0 Å². The van der Waals surface area contributed by atoms with Crippen LogP contribution in [0.25, 0.3) is 0 Å². The predicted octanol–water partition coefficient (Wildman–Crippen LogP) is 2.49. The van der Waals surface area contributed by atoms with Crippen LogP contribution in [0, 0.1) is 5.92 Å². The minimum Gasteiger partial charge on any atom is -0.378 e. The van der Waals surface area contributed by atoms with E-state index < -0.39 is 0 Å². The molecule has 0 amide bonds. The summed E-state index contributed by atoms with van der Waals surface area (Å²) in [4.78, 5) is 8.20. The van der Waals surface area contributed by atoms with Crippen molar-refractivity contribution >= 4 is 16.5 Å². The first-order valence-electron chi connectivity index (χ1n) is 6.45. The molecule has 4 nitrogen and oxygen atoms in total. The lowest BCUT2D eigenvalue weighted by Crippen LogP contribution is -2.23. The molecule has 0 aliphatic heterocycles. The molecule has 0 bridgehead atoms. The predicted molar refractivity (Wildman–Crippen MR) is 78.3 cm³/mol. The molecule has 0 aliphatic rings. The third-order valence-corrected chi connectivity index (χ3v) is 4.21. The molecule has 5 heteroatoms. The Morgan fingerprint density at radius 2 is 2.22 bits per heavy atom. The average molecular weight is 271 g/mol. The van der Waals surface area contributed by atoms with Gasteiger partial charge in [0.25, 0.3) is 0 Å². The zero-order chi connectivity index (χ0) is 13.5. The summed E-state index contributed by atoms with van der Waals surface area (Å²) in [6.45, 7) is 6.99. The summed E-state index contributed by atoms with van der Waals surface area (Å²) in [5, 5.41) is 4.27. The second-order valence-corrected chi connectivity index (χ2v) is 5.79. The number of thiazole rings is 1. The monoisotopic (exact) mass is 271 g/mol. The lowest BCUT2D eigenvalue weighted by atomic mass is 10.1. The third-order valence-electron chi connectivity index (χ3n) is 2.99. The SMILES string of the molecule is CCC(C)CN(C)c1nc(COC)c(CNC)s1. The molecule has 1 atom stereocenters. The molecule has 0 saturated heterocycles. The number of nitrogens with zero attached hydrogens (tertiary/aromatic N) is 2. The first kappa shape index (κ1) is 15.4.